The number of hydrogen-bond acceptors (Lipinski definition) is 6. The van der Waals surface area contributed by atoms with Crippen LogP contribution in [-0.4, -0.2) is 45.4 Å². The molecule has 31 heavy (non-hydrogen) atoms. The van der Waals surface area contributed by atoms with Gasteiger partial charge in [-0.3, -0.25) is 9.69 Å². The Hall–Kier alpha value is -3.39. The van der Waals surface area contributed by atoms with Crippen molar-refractivity contribution in [2.24, 2.45) is 0 Å². The van der Waals surface area contributed by atoms with Crippen LogP contribution in [0.25, 0.3) is 0 Å². The molecule has 1 fully saturated rings. The Morgan fingerprint density at radius 3 is 2.68 bits per heavy atom. The summed E-state index contributed by atoms with van der Waals surface area (Å²) in [5.74, 6) is 0.908. The molecule has 4 rings (SSSR count). The summed E-state index contributed by atoms with van der Waals surface area (Å²) in [6.45, 7) is 3.80. The van der Waals surface area contributed by atoms with Crippen molar-refractivity contribution in [3.63, 3.8) is 0 Å². The lowest BCUT2D eigenvalue weighted by molar-refractivity contribution is -0.117. The summed E-state index contributed by atoms with van der Waals surface area (Å²) >= 11 is 0. The van der Waals surface area contributed by atoms with Gasteiger partial charge in [0.15, 0.2) is 0 Å². The zero-order valence-corrected chi connectivity index (χ0v) is 17.4. The number of aryl methyl sites for hydroxylation is 1. The number of nitrogens with one attached hydrogen (secondary N) is 2. The number of anilines is 3. The summed E-state index contributed by atoms with van der Waals surface area (Å²) in [5.41, 5.74) is 2.29. The number of halogens is 1. The number of likely N-dealkylation sites (tertiary alicyclic amines) is 1. The highest BCUT2D eigenvalue weighted by Gasteiger charge is 2.23. The van der Waals surface area contributed by atoms with Crippen molar-refractivity contribution < 1.29 is 9.18 Å². The van der Waals surface area contributed by atoms with E-state index in [0.717, 1.165) is 37.2 Å². The molecule has 3 aromatic rings. The fourth-order valence-corrected chi connectivity index (χ4v) is 3.66. The quantitative estimate of drug-likeness (QED) is 0.630. The van der Waals surface area contributed by atoms with Gasteiger partial charge >= 0.3 is 0 Å². The van der Waals surface area contributed by atoms with Crippen molar-refractivity contribution in [3.8, 4) is 0 Å². The molecule has 7 nitrogen and oxygen atoms in total. The normalized spacial score (nSPS) is 14.9. The molecule has 8 heteroatoms. The Balaban J connectivity index is 1.30. The molecule has 0 bridgehead atoms. The maximum Gasteiger partial charge on any atom is 0.238 e. The minimum atomic E-state index is -0.427. The summed E-state index contributed by atoms with van der Waals surface area (Å²) in [6, 6.07) is 12.0. The smallest absolute Gasteiger partial charge is 0.238 e. The van der Waals surface area contributed by atoms with Crippen molar-refractivity contribution in [2.75, 3.05) is 30.3 Å². The molecule has 1 aromatic carbocycles. The first kappa shape index (κ1) is 20.9. The third kappa shape index (κ3) is 5.61. The van der Waals surface area contributed by atoms with E-state index in [1.165, 1.54) is 6.07 Å². The van der Waals surface area contributed by atoms with Gasteiger partial charge in [0.05, 0.1) is 12.2 Å². The first-order valence-electron chi connectivity index (χ1n) is 10.4. The zero-order chi connectivity index (χ0) is 21.6. The van der Waals surface area contributed by atoms with E-state index in [4.69, 9.17) is 0 Å². The van der Waals surface area contributed by atoms with Crippen molar-refractivity contribution in [1.82, 2.24) is 19.9 Å². The average Bonchev–Trinajstić information content (AvgIpc) is 2.78. The van der Waals surface area contributed by atoms with Crippen LogP contribution in [0.5, 0.6) is 0 Å². The second kappa shape index (κ2) is 9.61. The summed E-state index contributed by atoms with van der Waals surface area (Å²) in [5, 5.41) is 5.79. The van der Waals surface area contributed by atoms with Crippen LogP contribution in [0.3, 0.4) is 0 Å². The number of pyridine rings is 1. The largest absolute Gasteiger partial charge is 0.322 e. The van der Waals surface area contributed by atoms with Crippen LogP contribution in [0.4, 0.5) is 21.8 Å². The Bertz CT molecular complexity index is 1030. The number of hydrogen-bond donors (Lipinski definition) is 2. The molecule has 1 aliphatic heterocycles. The molecule has 0 unspecified atom stereocenters. The molecule has 1 saturated heterocycles. The zero-order valence-electron chi connectivity index (χ0n) is 17.4. The van der Waals surface area contributed by atoms with Crippen LogP contribution in [0.15, 0.2) is 54.9 Å². The Kier molecular flexibility index (Phi) is 6.47. The van der Waals surface area contributed by atoms with Gasteiger partial charge < -0.3 is 10.6 Å². The summed E-state index contributed by atoms with van der Waals surface area (Å²) in [4.78, 5) is 27.6. The number of nitrogens with zero attached hydrogens (tertiary/aromatic N) is 4. The third-order valence-corrected chi connectivity index (χ3v) is 5.35. The van der Waals surface area contributed by atoms with Gasteiger partial charge in [-0.05, 0) is 62.7 Å². The van der Waals surface area contributed by atoms with Gasteiger partial charge in [-0.25, -0.2) is 19.3 Å². The number of carbonyl (C=O) groups is 1. The first-order chi connectivity index (χ1) is 15.1. The van der Waals surface area contributed by atoms with Gasteiger partial charge in [0, 0.05) is 24.0 Å². The standard InChI is InChI=1S/C23H25FN6O/c1-16-6-7-21(26-14-16)29-23-25-11-8-19(28-23)17-9-12-30(13-10-17)15-22(31)27-20-5-3-2-4-18(20)24/h2-8,11,14,17H,9-10,12-13,15H2,1H3,(H,27,31)(H,25,26,28,29). The van der Waals surface area contributed by atoms with Crippen LogP contribution in [0.2, 0.25) is 0 Å². The van der Waals surface area contributed by atoms with Crippen molar-refractivity contribution in [2.45, 2.75) is 25.7 Å². The molecule has 3 heterocycles. The van der Waals surface area contributed by atoms with E-state index in [1.807, 2.05) is 25.1 Å². The van der Waals surface area contributed by atoms with E-state index in [1.54, 1.807) is 30.6 Å². The third-order valence-electron chi connectivity index (χ3n) is 5.35. The number of benzene rings is 1. The molecule has 1 aliphatic rings. The van der Waals surface area contributed by atoms with Crippen LogP contribution in [-0.2, 0) is 4.79 Å². The summed E-state index contributed by atoms with van der Waals surface area (Å²) in [7, 11) is 0. The molecular weight excluding hydrogens is 395 g/mol. The van der Waals surface area contributed by atoms with Gasteiger partial charge in [-0.1, -0.05) is 18.2 Å². The van der Waals surface area contributed by atoms with E-state index in [9.17, 15) is 9.18 Å². The fourth-order valence-electron chi connectivity index (χ4n) is 3.66. The number of amides is 1. The van der Waals surface area contributed by atoms with Crippen molar-refractivity contribution in [3.05, 3.63) is 71.9 Å². The Labute approximate surface area is 180 Å². The molecule has 2 N–H and O–H groups in total. The van der Waals surface area contributed by atoms with E-state index in [2.05, 4.69) is 30.5 Å². The molecular formula is C23H25FN6O. The average molecular weight is 420 g/mol. The second-order valence-electron chi connectivity index (χ2n) is 7.73. The lowest BCUT2D eigenvalue weighted by Crippen LogP contribution is -2.39. The summed E-state index contributed by atoms with van der Waals surface area (Å²) in [6.07, 6.45) is 5.34. The number of para-hydroxylation sites is 1. The molecule has 1 amide bonds. The number of rotatable bonds is 6. The molecule has 0 aliphatic carbocycles. The van der Waals surface area contributed by atoms with Gasteiger partial charge in [-0.15, -0.1) is 0 Å². The SMILES string of the molecule is Cc1ccc(Nc2nccc(C3CCN(CC(=O)Nc4ccccc4F)CC3)n2)nc1. The van der Waals surface area contributed by atoms with Gasteiger partial charge in [0.2, 0.25) is 11.9 Å². The predicted octanol–water partition coefficient (Wildman–Crippen LogP) is 3.88. The highest BCUT2D eigenvalue weighted by Crippen LogP contribution is 2.27. The van der Waals surface area contributed by atoms with Gasteiger partial charge in [0.25, 0.3) is 0 Å². The topological polar surface area (TPSA) is 83.0 Å². The van der Waals surface area contributed by atoms with Gasteiger partial charge in [-0.2, -0.15) is 0 Å². The molecule has 2 aromatic heterocycles. The summed E-state index contributed by atoms with van der Waals surface area (Å²) < 4.78 is 13.7. The minimum Gasteiger partial charge on any atom is -0.322 e. The number of piperidine rings is 1. The van der Waals surface area contributed by atoms with E-state index >= 15 is 0 Å². The monoisotopic (exact) mass is 420 g/mol. The number of carbonyl (C=O) groups excluding carboxylic acids is 1. The van der Waals surface area contributed by atoms with Crippen LogP contribution >= 0.6 is 0 Å². The lowest BCUT2D eigenvalue weighted by Gasteiger charge is -2.31. The van der Waals surface area contributed by atoms with E-state index in [0.29, 0.717) is 17.7 Å². The first-order valence-corrected chi connectivity index (χ1v) is 10.4. The van der Waals surface area contributed by atoms with Crippen LogP contribution in [0.1, 0.15) is 30.0 Å². The van der Waals surface area contributed by atoms with Crippen molar-refractivity contribution in [1.29, 1.82) is 0 Å². The van der Waals surface area contributed by atoms with Crippen LogP contribution < -0.4 is 10.6 Å². The maximum absolute atomic E-state index is 13.7. The molecule has 0 radical (unpaired) electrons. The lowest BCUT2D eigenvalue weighted by atomic mass is 9.93. The maximum atomic E-state index is 13.7. The van der Waals surface area contributed by atoms with E-state index in [-0.39, 0.29) is 18.1 Å². The van der Waals surface area contributed by atoms with Crippen molar-refractivity contribution >= 4 is 23.4 Å². The molecule has 0 saturated carbocycles. The Morgan fingerprint density at radius 1 is 1.13 bits per heavy atom. The highest BCUT2D eigenvalue weighted by atomic mass is 19.1. The highest BCUT2D eigenvalue weighted by molar-refractivity contribution is 5.92. The minimum absolute atomic E-state index is 0.206. The van der Waals surface area contributed by atoms with Crippen LogP contribution in [0, 0.1) is 12.7 Å². The molecule has 0 atom stereocenters. The fraction of sp³-hybridized carbons (Fsp3) is 0.304. The molecule has 0 spiro atoms. The second-order valence-corrected chi connectivity index (χ2v) is 7.73. The number of aromatic nitrogens is 3. The predicted molar refractivity (Wildman–Crippen MR) is 118 cm³/mol. The Morgan fingerprint density at radius 2 is 1.94 bits per heavy atom. The molecule has 160 valence electrons. The van der Waals surface area contributed by atoms with E-state index < -0.39 is 5.82 Å². The van der Waals surface area contributed by atoms with Gasteiger partial charge in [0.1, 0.15) is 11.6 Å².